The molecule has 0 saturated heterocycles. The number of benzene rings is 2. The van der Waals surface area contributed by atoms with Crippen molar-refractivity contribution in [1.82, 2.24) is 10.9 Å². The maximum Gasteiger partial charge on any atom is 0.276 e. The summed E-state index contributed by atoms with van der Waals surface area (Å²) in [5.74, 6) is 0.185. The molecule has 0 bridgehead atoms. The van der Waals surface area contributed by atoms with Crippen LogP contribution in [0.25, 0.3) is 0 Å². The summed E-state index contributed by atoms with van der Waals surface area (Å²) in [6.45, 7) is 3.99. The molecule has 1 saturated carbocycles. The third kappa shape index (κ3) is 6.83. The van der Waals surface area contributed by atoms with E-state index >= 15 is 0 Å². The van der Waals surface area contributed by atoms with E-state index < -0.39 is 11.8 Å². The molecule has 1 aliphatic carbocycles. The first-order chi connectivity index (χ1) is 15.4. The van der Waals surface area contributed by atoms with Crippen molar-refractivity contribution in [3.63, 3.8) is 0 Å². The standard InChI is InChI=1S/C25H31N3O4/c1-17(2)18-10-14-22(15-11-18)32-16-23(29)27-28-25(31)20-8-12-21(13-9-20)26-24(30)19-6-4-3-5-7-19/h8-15,17,19H,3-7,16H2,1-2H3,(H,26,30)(H,27,29)(H,28,31). The number of hydrogen-bond donors (Lipinski definition) is 3. The minimum Gasteiger partial charge on any atom is -0.484 e. The highest BCUT2D eigenvalue weighted by Crippen LogP contribution is 2.25. The first kappa shape index (κ1) is 23.3. The Morgan fingerprint density at radius 3 is 2.19 bits per heavy atom. The summed E-state index contributed by atoms with van der Waals surface area (Å²) >= 11 is 0. The van der Waals surface area contributed by atoms with E-state index in [1.165, 1.54) is 12.0 Å². The molecule has 170 valence electrons. The molecule has 3 N–H and O–H groups in total. The molecule has 32 heavy (non-hydrogen) atoms. The smallest absolute Gasteiger partial charge is 0.276 e. The topological polar surface area (TPSA) is 96.5 Å². The first-order valence-corrected chi connectivity index (χ1v) is 11.2. The van der Waals surface area contributed by atoms with E-state index in [0.29, 0.717) is 22.9 Å². The number of ether oxygens (including phenoxy) is 1. The lowest BCUT2D eigenvalue weighted by Crippen LogP contribution is -2.43. The molecule has 0 radical (unpaired) electrons. The van der Waals surface area contributed by atoms with Gasteiger partial charge in [0.1, 0.15) is 5.75 Å². The SMILES string of the molecule is CC(C)c1ccc(OCC(=O)NNC(=O)c2ccc(NC(=O)C3CCCCC3)cc2)cc1. The molecule has 1 fully saturated rings. The highest BCUT2D eigenvalue weighted by molar-refractivity contribution is 5.97. The number of carbonyl (C=O) groups is 3. The van der Waals surface area contributed by atoms with E-state index in [1.807, 2.05) is 24.3 Å². The van der Waals surface area contributed by atoms with Crippen LogP contribution in [0.1, 0.15) is 67.8 Å². The van der Waals surface area contributed by atoms with Gasteiger partial charge in [0.15, 0.2) is 6.61 Å². The lowest BCUT2D eigenvalue weighted by atomic mass is 9.88. The van der Waals surface area contributed by atoms with Crippen molar-refractivity contribution in [2.75, 3.05) is 11.9 Å². The normalized spacial score (nSPS) is 14.0. The van der Waals surface area contributed by atoms with E-state index in [0.717, 1.165) is 25.7 Å². The molecule has 2 aromatic carbocycles. The Bertz CT molecular complexity index is 917. The zero-order chi connectivity index (χ0) is 22.9. The number of amides is 3. The molecule has 7 nitrogen and oxygen atoms in total. The molecular weight excluding hydrogens is 406 g/mol. The Labute approximate surface area is 188 Å². The van der Waals surface area contributed by atoms with Gasteiger partial charge in [0.2, 0.25) is 5.91 Å². The predicted molar refractivity (Wildman–Crippen MR) is 123 cm³/mol. The zero-order valence-electron chi connectivity index (χ0n) is 18.6. The number of hydrazine groups is 1. The van der Waals surface area contributed by atoms with Crippen LogP contribution in [0.5, 0.6) is 5.75 Å². The summed E-state index contributed by atoms with van der Waals surface area (Å²) in [5, 5.41) is 2.91. The lowest BCUT2D eigenvalue weighted by molar-refractivity contribution is -0.124. The third-order valence-corrected chi connectivity index (χ3v) is 5.62. The Hall–Kier alpha value is -3.35. The molecule has 3 amide bonds. The molecule has 0 unspecified atom stereocenters. The minimum absolute atomic E-state index is 0.0352. The molecule has 1 aliphatic rings. The van der Waals surface area contributed by atoms with Gasteiger partial charge in [-0.1, -0.05) is 45.2 Å². The largest absolute Gasteiger partial charge is 0.484 e. The Morgan fingerprint density at radius 2 is 1.56 bits per heavy atom. The molecule has 0 heterocycles. The van der Waals surface area contributed by atoms with Crippen molar-refractivity contribution in [3.8, 4) is 5.75 Å². The maximum absolute atomic E-state index is 12.3. The number of anilines is 1. The molecular formula is C25H31N3O4. The van der Waals surface area contributed by atoms with Crippen molar-refractivity contribution < 1.29 is 19.1 Å². The van der Waals surface area contributed by atoms with Crippen LogP contribution in [0, 0.1) is 5.92 Å². The van der Waals surface area contributed by atoms with Crippen LogP contribution < -0.4 is 20.9 Å². The fraction of sp³-hybridized carbons (Fsp3) is 0.400. The van der Waals surface area contributed by atoms with Crippen LogP contribution in [0.2, 0.25) is 0 Å². The Morgan fingerprint density at radius 1 is 0.906 bits per heavy atom. The van der Waals surface area contributed by atoms with E-state index in [1.54, 1.807) is 24.3 Å². The third-order valence-electron chi connectivity index (χ3n) is 5.62. The van der Waals surface area contributed by atoms with Gasteiger partial charge in [-0.05, 0) is 60.7 Å². The second-order valence-electron chi connectivity index (χ2n) is 8.42. The summed E-state index contributed by atoms with van der Waals surface area (Å²) in [6, 6.07) is 14.1. The Kier molecular flexibility index (Phi) is 8.25. The van der Waals surface area contributed by atoms with Crippen LogP contribution >= 0.6 is 0 Å². The minimum atomic E-state index is -0.470. The van der Waals surface area contributed by atoms with E-state index in [-0.39, 0.29) is 18.4 Å². The highest BCUT2D eigenvalue weighted by atomic mass is 16.5. The highest BCUT2D eigenvalue weighted by Gasteiger charge is 2.21. The van der Waals surface area contributed by atoms with E-state index in [4.69, 9.17) is 4.74 Å². The summed E-state index contributed by atoms with van der Waals surface area (Å²) in [6.07, 6.45) is 5.25. The molecule has 0 aromatic heterocycles. The zero-order valence-corrected chi connectivity index (χ0v) is 18.6. The van der Waals surface area contributed by atoms with Crippen LogP contribution in [-0.2, 0) is 9.59 Å². The van der Waals surface area contributed by atoms with Gasteiger partial charge in [-0.25, -0.2) is 0 Å². The van der Waals surface area contributed by atoms with E-state index in [2.05, 4.69) is 30.0 Å². The van der Waals surface area contributed by atoms with Crippen LogP contribution in [0.15, 0.2) is 48.5 Å². The first-order valence-electron chi connectivity index (χ1n) is 11.2. The predicted octanol–water partition coefficient (Wildman–Crippen LogP) is 4.17. The molecule has 2 aromatic rings. The summed E-state index contributed by atoms with van der Waals surface area (Å²) in [5.41, 5.74) is 6.91. The van der Waals surface area contributed by atoms with Gasteiger partial charge in [-0.15, -0.1) is 0 Å². The van der Waals surface area contributed by atoms with Crippen molar-refractivity contribution in [2.45, 2.75) is 51.9 Å². The van der Waals surface area contributed by atoms with E-state index in [9.17, 15) is 14.4 Å². The maximum atomic E-state index is 12.3. The van der Waals surface area contributed by atoms with Gasteiger partial charge < -0.3 is 10.1 Å². The van der Waals surface area contributed by atoms with Crippen LogP contribution in [0.4, 0.5) is 5.69 Å². The Balaban J connectivity index is 1.41. The second-order valence-corrected chi connectivity index (χ2v) is 8.42. The van der Waals surface area contributed by atoms with Crippen LogP contribution in [0.3, 0.4) is 0 Å². The number of carbonyl (C=O) groups excluding carboxylic acids is 3. The average molecular weight is 438 g/mol. The van der Waals surface area contributed by atoms with Gasteiger partial charge in [0.25, 0.3) is 11.8 Å². The van der Waals surface area contributed by atoms with Gasteiger partial charge in [0, 0.05) is 17.2 Å². The van der Waals surface area contributed by atoms with Crippen LogP contribution in [-0.4, -0.2) is 24.3 Å². The molecule has 7 heteroatoms. The van der Waals surface area contributed by atoms with Gasteiger partial charge in [-0.2, -0.15) is 0 Å². The van der Waals surface area contributed by atoms with Gasteiger partial charge in [0.05, 0.1) is 0 Å². The number of nitrogens with one attached hydrogen (secondary N) is 3. The molecule has 0 aliphatic heterocycles. The summed E-state index contributed by atoms with van der Waals surface area (Å²) in [4.78, 5) is 36.5. The van der Waals surface area contributed by atoms with Crippen molar-refractivity contribution in [2.24, 2.45) is 5.92 Å². The lowest BCUT2D eigenvalue weighted by Gasteiger charge is -2.20. The summed E-state index contributed by atoms with van der Waals surface area (Å²) < 4.78 is 5.44. The van der Waals surface area contributed by atoms with Crippen molar-refractivity contribution >= 4 is 23.4 Å². The summed E-state index contributed by atoms with van der Waals surface area (Å²) in [7, 11) is 0. The fourth-order valence-electron chi connectivity index (χ4n) is 3.65. The monoisotopic (exact) mass is 437 g/mol. The molecule has 0 spiro atoms. The number of rotatable bonds is 7. The van der Waals surface area contributed by atoms with Crippen molar-refractivity contribution in [1.29, 1.82) is 0 Å². The van der Waals surface area contributed by atoms with Crippen molar-refractivity contribution in [3.05, 3.63) is 59.7 Å². The number of hydrogen-bond acceptors (Lipinski definition) is 4. The molecule has 0 atom stereocenters. The van der Waals surface area contributed by atoms with Gasteiger partial charge in [-0.3, -0.25) is 25.2 Å². The molecule has 3 rings (SSSR count). The quantitative estimate of drug-likeness (QED) is 0.567. The average Bonchev–Trinajstić information content (AvgIpc) is 2.82. The van der Waals surface area contributed by atoms with Gasteiger partial charge >= 0.3 is 0 Å². The fourth-order valence-corrected chi connectivity index (χ4v) is 3.65. The second kappa shape index (κ2) is 11.3.